The smallest absolute Gasteiger partial charge is 0.260 e. The Balaban J connectivity index is 2.35. The number of halogens is 2. The summed E-state index contributed by atoms with van der Waals surface area (Å²) in [5.74, 6) is -2.19. The highest BCUT2D eigenvalue weighted by Crippen LogP contribution is 2.19. The normalized spacial score (nSPS) is 24.1. The van der Waals surface area contributed by atoms with E-state index in [-0.39, 0.29) is 12.1 Å². The molecule has 1 N–H and O–H groups in total. The summed E-state index contributed by atoms with van der Waals surface area (Å²) in [4.78, 5) is 13.8. The fourth-order valence-electron chi connectivity index (χ4n) is 2.36. The van der Waals surface area contributed by atoms with Crippen LogP contribution in [0.1, 0.15) is 24.2 Å². The minimum Gasteiger partial charge on any atom is -0.331 e. The Morgan fingerprint density at radius 2 is 1.72 bits per heavy atom. The lowest BCUT2D eigenvalue weighted by Gasteiger charge is -2.39. The second kappa shape index (κ2) is 5.02. The number of nitrogens with zero attached hydrogens (tertiary/aromatic N) is 1. The van der Waals surface area contributed by atoms with E-state index in [2.05, 4.69) is 5.32 Å². The predicted molar refractivity (Wildman–Crippen MR) is 64.3 cm³/mol. The van der Waals surface area contributed by atoms with Crippen molar-refractivity contribution in [1.29, 1.82) is 0 Å². The largest absolute Gasteiger partial charge is 0.331 e. The topological polar surface area (TPSA) is 32.3 Å². The molecule has 1 aliphatic rings. The molecule has 1 saturated heterocycles. The number of benzene rings is 1. The molecule has 1 amide bonds. The zero-order valence-corrected chi connectivity index (χ0v) is 10.4. The molecule has 0 bridgehead atoms. The first kappa shape index (κ1) is 13.0. The lowest BCUT2D eigenvalue weighted by Crippen LogP contribution is -2.57. The molecule has 18 heavy (non-hydrogen) atoms. The molecule has 1 aromatic rings. The molecule has 1 aliphatic heterocycles. The number of carbonyl (C=O) groups excluding carboxylic acids is 1. The molecule has 5 heteroatoms. The van der Waals surface area contributed by atoms with Crippen LogP contribution in [0.5, 0.6) is 0 Å². The van der Waals surface area contributed by atoms with Crippen molar-refractivity contribution in [2.45, 2.75) is 25.9 Å². The highest BCUT2D eigenvalue weighted by atomic mass is 19.1. The maximum absolute atomic E-state index is 13.6. The SMILES string of the molecule is CC1CNCC(C)N1C(=O)c1c(F)cccc1F. The van der Waals surface area contributed by atoms with Crippen molar-refractivity contribution in [2.75, 3.05) is 13.1 Å². The van der Waals surface area contributed by atoms with Gasteiger partial charge in [0.1, 0.15) is 17.2 Å². The van der Waals surface area contributed by atoms with Crippen LogP contribution in [0.15, 0.2) is 18.2 Å². The molecule has 0 spiro atoms. The standard InChI is InChI=1S/C13H16F2N2O/c1-8-6-16-7-9(2)17(8)13(18)12-10(14)4-3-5-11(12)15/h3-5,8-9,16H,6-7H2,1-2H3. The zero-order chi connectivity index (χ0) is 13.3. The summed E-state index contributed by atoms with van der Waals surface area (Å²) in [5, 5.41) is 3.17. The van der Waals surface area contributed by atoms with Crippen molar-refractivity contribution in [3.63, 3.8) is 0 Å². The van der Waals surface area contributed by atoms with Crippen molar-refractivity contribution in [2.24, 2.45) is 0 Å². The van der Waals surface area contributed by atoms with Crippen LogP contribution in [0.2, 0.25) is 0 Å². The monoisotopic (exact) mass is 254 g/mol. The molecule has 0 radical (unpaired) electrons. The highest BCUT2D eigenvalue weighted by Gasteiger charge is 2.32. The minimum absolute atomic E-state index is 0.0831. The van der Waals surface area contributed by atoms with Gasteiger partial charge in [0.2, 0.25) is 0 Å². The molecule has 1 fully saturated rings. The summed E-state index contributed by atoms with van der Waals surface area (Å²) in [6, 6.07) is 3.30. The zero-order valence-electron chi connectivity index (χ0n) is 10.4. The molecule has 0 saturated carbocycles. The number of nitrogens with one attached hydrogen (secondary N) is 1. The fourth-order valence-corrected chi connectivity index (χ4v) is 2.36. The van der Waals surface area contributed by atoms with Crippen LogP contribution in [0.3, 0.4) is 0 Å². The van der Waals surface area contributed by atoms with Gasteiger partial charge in [-0.15, -0.1) is 0 Å². The first-order valence-electron chi connectivity index (χ1n) is 5.99. The van der Waals surface area contributed by atoms with Gasteiger partial charge >= 0.3 is 0 Å². The fraction of sp³-hybridized carbons (Fsp3) is 0.462. The van der Waals surface area contributed by atoms with E-state index in [0.717, 1.165) is 12.1 Å². The maximum atomic E-state index is 13.6. The van der Waals surface area contributed by atoms with Gasteiger partial charge in [-0.05, 0) is 26.0 Å². The van der Waals surface area contributed by atoms with E-state index in [1.165, 1.54) is 11.0 Å². The van der Waals surface area contributed by atoms with Gasteiger partial charge in [0.25, 0.3) is 5.91 Å². The van der Waals surface area contributed by atoms with E-state index in [1.54, 1.807) is 0 Å². The molecule has 3 nitrogen and oxygen atoms in total. The molecule has 2 rings (SSSR count). The van der Waals surface area contributed by atoms with Gasteiger partial charge in [-0.3, -0.25) is 4.79 Å². The molecule has 2 unspecified atom stereocenters. The summed E-state index contributed by atoms with van der Waals surface area (Å²) >= 11 is 0. The number of amides is 1. The van der Waals surface area contributed by atoms with Crippen molar-refractivity contribution < 1.29 is 13.6 Å². The van der Waals surface area contributed by atoms with E-state index in [4.69, 9.17) is 0 Å². The summed E-state index contributed by atoms with van der Waals surface area (Å²) in [5.41, 5.74) is -0.460. The van der Waals surface area contributed by atoms with E-state index in [1.807, 2.05) is 13.8 Å². The summed E-state index contributed by atoms with van der Waals surface area (Å²) in [6.07, 6.45) is 0. The van der Waals surface area contributed by atoms with E-state index < -0.39 is 23.1 Å². The Morgan fingerprint density at radius 3 is 2.22 bits per heavy atom. The second-order valence-corrected chi connectivity index (χ2v) is 4.67. The number of hydrogen-bond donors (Lipinski definition) is 1. The third kappa shape index (κ3) is 2.22. The number of rotatable bonds is 1. The maximum Gasteiger partial charge on any atom is 0.260 e. The average Bonchev–Trinajstić information content (AvgIpc) is 2.28. The summed E-state index contributed by atoms with van der Waals surface area (Å²) in [6.45, 7) is 4.98. The molecule has 2 atom stereocenters. The summed E-state index contributed by atoms with van der Waals surface area (Å²) < 4.78 is 27.2. The van der Waals surface area contributed by atoms with Crippen LogP contribution in [-0.2, 0) is 0 Å². The van der Waals surface area contributed by atoms with Gasteiger partial charge in [0.05, 0.1) is 0 Å². The van der Waals surface area contributed by atoms with Crippen molar-refractivity contribution in [3.05, 3.63) is 35.4 Å². The molecule has 0 aromatic heterocycles. The van der Waals surface area contributed by atoms with E-state index in [9.17, 15) is 13.6 Å². The first-order chi connectivity index (χ1) is 8.52. The average molecular weight is 254 g/mol. The van der Waals surface area contributed by atoms with Gasteiger partial charge in [-0.2, -0.15) is 0 Å². The van der Waals surface area contributed by atoms with Crippen LogP contribution in [0.4, 0.5) is 8.78 Å². The van der Waals surface area contributed by atoms with Crippen molar-refractivity contribution >= 4 is 5.91 Å². The molecule has 0 aliphatic carbocycles. The number of carbonyl (C=O) groups is 1. The van der Waals surface area contributed by atoms with E-state index >= 15 is 0 Å². The Bertz CT molecular complexity index is 434. The lowest BCUT2D eigenvalue weighted by molar-refractivity contribution is 0.0534. The first-order valence-corrected chi connectivity index (χ1v) is 5.99. The van der Waals surface area contributed by atoms with Crippen LogP contribution in [-0.4, -0.2) is 36.0 Å². The Morgan fingerprint density at radius 1 is 1.22 bits per heavy atom. The van der Waals surface area contributed by atoms with Crippen molar-refractivity contribution in [3.8, 4) is 0 Å². The lowest BCUT2D eigenvalue weighted by atomic mass is 10.1. The van der Waals surface area contributed by atoms with Crippen LogP contribution >= 0.6 is 0 Å². The Labute approximate surface area is 105 Å². The van der Waals surface area contributed by atoms with Crippen molar-refractivity contribution in [1.82, 2.24) is 10.2 Å². The quantitative estimate of drug-likeness (QED) is 0.828. The van der Waals surface area contributed by atoms with Gasteiger partial charge in [0.15, 0.2) is 0 Å². The molecular formula is C13H16F2N2O. The third-order valence-electron chi connectivity index (χ3n) is 3.24. The number of hydrogen-bond acceptors (Lipinski definition) is 2. The Kier molecular flexibility index (Phi) is 3.61. The minimum atomic E-state index is -0.807. The number of piperazine rings is 1. The van der Waals surface area contributed by atoms with Crippen LogP contribution in [0, 0.1) is 11.6 Å². The van der Waals surface area contributed by atoms with Crippen LogP contribution < -0.4 is 5.32 Å². The predicted octanol–water partition coefficient (Wildman–Crippen LogP) is 1.79. The van der Waals surface area contributed by atoms with Gasteiger partial charge in [-0.25, -0.2) is 8.78 Å². The van der Waals surface area contributed by atoms with Gasteiger partial charge < -0.3 is 10.2 Å². The van der Waals surface area contributed by atoms with E-state index in [0.29, 0.717) is 13.1 Å². The Hall–Kier alpha value is -1.49. The third-order valence-corrected chi connectivity index (χ3v) is 3.24. The molecule has 1 aromatic carbocycles. The van der Waals surface area contributed by atoms with Gasteiger partial charge in [0, 0.05) is 25.2 Å². The second-order valence-electron chi connectivity index (χ2n) is 4.67. The molecule has 1 heterocycles. The van der Waals surface area contributed by atoms with Gasteiger partial charge in [-0.1, -0.05) is 6.07 Å². The van der Waals surface area contributed by atoms with Crippen LogP contribution in [0.25, 0.3) is 0 Å². The molecule has 98 valence electrons. The molecular weight excluding hydrogens is 238 g/mol. The highest BCUT2D eigenvalue weighted by molar-refractivity contribution is 5.95. The summed E-state index contributed by atoms with van der Waals surface area (Å²) in [7, 11) is 0.